The molecule has 0 N–H and O–H groups in total. The molecule has 1 aromatic heterocycles. The molecule has 0 radical (unpaired) electrons. The Labute approximate surface area is 150 Å². The molecular formula is C17H31IN2OSi. The fourth-order valence-corrected chi connectivity index (χ4v) is 4.78. The van der Waals surface area contributed by atoms with Crippen molar-refractivity contribution in [2.24, 2.45) is 0 Å². The van der Waals surface area contributed by atoms with Gasteiger partial charge in [0.25, 0.3) is 0 Å². The van der Waals surface area contributed by atoms with E-state index in [0.717, 1.165) is 5.69 Å². The van der Waals surface area contributed by atoms with Gasteiger partial charge in [-0.25, -0.2) is 0 Å². The summed E-state index contributed by atoms with van der Waals surface area (Å²) in [5.41, 5.74) is 2.49. The minimum atomic E-state index is -1.63. The van der Waals surface area contributed by atoms with Gasteiger partial charge >= 0.3 is 0 Å². The van der Waals surface area contributed by atoms with E-state index in [1.807, 2.05) is 0 Å². The highest BCUT2D eigenvalue weighted by Crippen LogP contribution is 2.40. The summed E-state index contributed by atoms with van der Waals surface area (Å²) in [6.07, 6.45) is 5.18. The van der Waals surface area contributed by atoms with Gasteiger partial charge in [0.1, 0.15) is 0 Å². The molecule has 2 rings (SSSR count). The standard InChI is InChI=1S/C17H31IN2OSi/c1-12-16(18)13(2)20(19-12)14-8-10-15(11-9-14)21-22(6,7)17(3,4)5/h14-15H,8-11H2,1-7H3/t14-,15-. The largest absolute Gasteiger partial charge is 0.414 e. The monoisotopic (exact) mass is 434 g/mol. The number of nitrogens with zero attached hydrogens (tertiary/aromatic N) is 2. The second-order valence-corrected chi connectivity index (χ2v) is 14.1. The maximum absolute atomic E-state index is 6.59. The second kappa shape index (κ2) is 6.55. The predicted molar refractivity (Wildman–Crippen MR) is 104 cm³/mol. The molecule has 1 saturated carbocycles. The van der Waals surface area contributed by atoms with Crippen LogP contribution >= 0.6 is 22.6 Å². The number of aryl methyl sites for hydroxylation is 1. The summed E-state index contributed by atoms with van der Waals surface area (Å²) >= 11 is 2.41. The van der Waals surface area contributed by atoms with Crippen LogP contribution in [-0.4, -0.2) is 24.2 Å². The van der Waals surface area contributed by atoms with Gasteiger partial charge in [0.05, 0.1) is 15.3 Å². The fraction of sp³-hybridized carbons (Fsp3) is 0.824. The van der Waals surface area contributed by atoms with E-state index in [-0.39, 0.29) is 0 Å². The number of rotatable bonds is 3. The van der Waals surface area contributed by atoms with Gasteiger partial charge in [-0.1, -0.05) is 20.8 Å². The lowest BCUT2D eigenvalue weighted by Crippen LogP contribution is -2.44. The van der Waals surface area contributed by atoms with Crippen LogP contribution in [0.5, 0.6) is 0 Å². The maximum atomic E-state index is 6.59. The van der Waals surface area contributed by atoms with Crippen LogP contribution in [0.4, 0.5) is 0 Å². The summed E-state index contributed by atoms with van der Waals surface area (Å²) in [5.74, 6) is 0. The Hall–Kier alpha value is 0.117. The topological polar surface area (TPSA) is 27.1 Å². The molecule has 0 bridgehead atoms. The van der Waals surface area contributed by atoms with Gasteiger partial charge < -0.3 is 4.43 Å². The Morgan fingerprint density at radius 2 is 1.68 bits per heavy atom. The third-order valence-corrected chi connectivity index (χ3v) is 11.6. The first-order chi connectivity index (χ1) is 10.0. The molecule has 0 amide bonds. The fourth-order valence-electron chi connectivity index (χ4n) is 3.00. The molecule has 1 heterocycles. The lowest BCUT2D eigenvalue weighted by molar-refractivity contribution is 0.115. The van der Waals surface area contributed by atoms with Crippen LogP contribution in [-0.2, 0) is 4.43 Å². The van der Waals surface area contributed by atoms with Crippen molar-refractivity contribution < 1.29 is 4.43 Å². The Kier molecular flexibility index (Phi) is 5.50. The maximum Gasteiger partial charge on any atom is 0.192 e. The first-order valence-electron chi connectivity index (χ1n) is 8.42. The second-order valence-electron chi connectivity index (χ2n) is 8.24. The number of aromatic nitrogens is 2. The molecule has 0 saturated heterocycles. The van der Waals surface area contributed by atoms with Crippen LogP contribution in [0.3, 0.4) is 0 Å². The Morgan fingerprint density at radius 1 is 1.14 bits per heavy atom. The van der Waals surface area contributed by atoms with Gasteiger partial charge in [0, 0.05) is 11.8 Å². The molecule has 0 unspecified atom stereocenters. The predicted octanol–water partition coefficient (Wildman–Crippen LogP) is 5.61. The van der Waals surface area contributed by atoms with E-state index < -0.39 is 8.32 Å². The third kappa shape index (κ3) is 3.78. The molecule has 126 valence electrons. The van der Waals surface area contributed by atoms with E-state index in [9.17, 15) is 0 Å². The normalized spacial score (nSPS) is 23.8. The first kappa shape index (κ1) is 18.5. The molecule has 0 atom stereocenters. The molecule has 0 spiro atoms. The summed E-state index contributed by atoms with van der Waals surface area (Å²) in [6, 6.07) is 0.557. The Balaban J connectivity index is 1.98. The van der Waals surface area contributed by atoms with E-state index in [2.05, 4.69) is 75.0 Å². The van der Waals surface area contributed by atoms with E-state index >= 15 is 0 Å². The van der Waals surface area contributed by atoms with Crippen LogP contribution in [0.1, 0.15) is 63.9 Å². The zero-order valence-electron chi connectivity index (χ0n) is 15.2. The van der Waals surface area contributed by atoms with Crippen molar-refractivity contribution >= 4 is 30.9 Å². The van der Waals surface area contributed by atoms with Crippen LogP contribution in [0.2, 0.25) is 18.1 Å². The Morgan fingerprint density at radius 3 is 2.09 bits per heavy atom. The summed E-state index contributed by atoms with van der Waals surface area (Å²) in [4.78, 5) is 0. The summed E-state index contributed by atoms with van der Waals surface area (Å²) in [6.45, 7) is 16.0. The summed E-state index contributed by atoms with van der Waals surface area (Å²) in [7, 11) is -1.63. The van der Waals surface area contributed by atoms with Crippen molar-refractivity contribution in [1.82, 2.24) is 9.78 Å². The highest BCUT2D eigenvalue weighted by Gasteiger charge is 2.40. The molecular weight excluding hydrogens is 403 g/mol. The van der Waals surface area contributed by atoms with Gasteiger partial charge in [-0.2, -0.15) is 5.10 Å². The van der Waals surface area contributed by atoms with Crippen molar-refractivity contribution in [2.45, 2.75) is 90.6 Å². The molecule has 1 aliphatic rings. The van der Waals surface area contributed by atoms with Gasteiger partial charge in [-0.15, -0.1) is 0 Å². The van der Waals surface area contributed by atoms with Crippen LogP contribution in [0, 0.1) is 17.4 Å². The van der Waals surface area contributed by atoms with Gasteiger partial charge in [0.15, 0.2) is 8.32 Å². The van der Waals surface area contributed by atoms with Gasteiger partial charge in [0.2, 0.25) is 0 Å². The SMILES string of the molecule is Cc1nn([C@H]2CC[C@H](O[Si](C)(C)C(C)(C)C)CC2)c(C)c1I. The van der Waals surface area contributed by atoms with E-state index in [1.54, 1.807) is 0 Å². The zero-order chi connectivity index (χ0) is 16.7. The van der Waals surface area contributed by atoms with Gasteiger partial charge in [-0.3, -0.25) is 4.68 Å². The summed E-state index contributed by atoms with van der Waals surface area (Å²) < 4.78 is 10.2. The molecule has 3 nitrogen and oxygen atoms in total. The molecule has 1 aliphatic carbocycles. The smallest absolute Gasteiger partial charge is 0.192 e. The molecule has 0 aromatic carbocycles. The van der Waals surface area contributed by atoms with Crippen LogP contribution in [0.15, 0.2) is 0 Å². The van der Waals surface area contributed by atoms with Crippen molar-refractivity contribution in [2.75, 3.05) is 0 Å². The molecule has 22 heavy (non-hydrogen) atoms. The lowest BCUT2D eigenvalue weighted by atomic mass is 9.93. The quantitative estimate of drug-likeness (QED) is 0.457. The average molecular weight is 434 g/mol. The minimum absolute atomic E-state index is 0.301. The molecule has 1 aromatic rings. The highest BCUT2D eigenvalue weighted by molar-refractivity contribution is 14.1. The van der Waals surface area contributed by atoms with Crippen molar-refractivity contribution in [1.29, 1.82) is 0 Å². The van der Waals surface area contributed by atoms with Gasteiger partial charge in [-0.05, 0) is 80.3 Å². The highest BCUT2D eigenvalue weighted by atomic mass is 127. The van der Waals surface area contributed by atoms with Crippen molar-refractivity contribution in [3.63, 3.8) is 0 Å². The van der Waals surface area contributed by atoms with E-state index in [0.29, 0.717) is 17.2 Å². The summed E-state index contributed by atoms with van der Waals surface area (Å²) in [5, 5.41) is 5.05. The van der Waals surface area contributed by atoms with E-state index in [4.69, 9.17) is 9.52 Å². The van der Waals surface area contributed by atoms with Crippen LogP contribution < -0.4 is 0 Å². The molecule has 1 fully saturated rings. The van der Waals surface area contributed by atoms with Crippen molar-refractivity contribution in [3.8, 4) is 0 Å². The number of hydrogen-bond acceptors (Lipinski definition) is 2. The zero-order valence-corrected chi connectivity index (χ0v) is 18.3. The molecule has 0 aliphatic heterocycles. The first-order valence-corrected chi connectivity index (χ1v) is 12.4. The molecule has 5 heteroatoms. The Bertz CT molecular complexity index is 525. The third-order valence-electron chi connectivity index (χ3n) is 5.49. The minimum Gasteiger partial charge on any atom is -0.414 e. The lowest BCUT2D eigenvalue weighted by Gasteiger charge is -2.41. The average Bonchev–Trinajstić information content (AvgIpc) is 2.66. The van der Waals surface area contributed by atoms with Crippen molar-refractivity contribution in [3.05, 3.63) is 15.0 Å². The van der Waals surface area contributed by atoms with E-state index in [1.165, 1.54) is 34.9 Å². The number of hydrogen-bond donors (Lipinski definition) is 0. The van der Waals surface area contributed by atoms with Crippen LogP contribution in [0.25, 0.3) is 0 Å². The number of halogens is 1.